The van der Waals surface area contributed by atoms with Crippen molar-refractivity contribution in [2.24, 2.45) is 11.0 Å². The number of methoxy groups -OCH3 is 1. The van der Waals surface area contributed by atoms with Gasteiger partial charge in [0.15, 0.2) is 0 Å². The van der Waals surface area contributed by atoms with Crippen LogP contribution in [0, 0.1) is 5.92 Å². The van der Waals surface area contributed by atoms with E-state index in [-0.39, 0.29) is 11.9 Å². The van der Waals surface area contributed by atoms with Crippen molar-refractivity contribution in [3.63, 3.8) is 0 Å². The van der Waals surface area contributed by atoms with E-state index in [0.29, 0.717) is 18.8 Å². The molecule has 0 saturated heterocycles. The van der Waals surface area contributed by atoms with Crippen LogP contribution in [0.3, 0.4) is 0 Å². The van der Waals surface area contributed by atoms with E-state index < -0.39 is 0 Å². The zero-order chi connectivity index (χ0) is 18.2. The molecule has 0 aromatic carbocycles. The summed E-state index contributed by atoms with van der Waals surface area (Å²) in [5.74, 6) is 0.352. The average molecular weight is 338 g/mol. The van der Waals surface area contributed by atoms with Crippen LogP contribution in [0.15, 0.2) is 16.8 Å². The third kappa shape index (κ3) is 15.3. The van der Waals surface area contributed by atoms with E-state index in [4.69, 9.17) is 0 Å². The lowest BCUT2D eigenvalue weighted by Crippen LogP contribution is -2.17. The Balaban J connectivity index is 3.57. The van der Waals surface area contributed by atoms with Crippen molar-refractivity contribution in [3.05, 3.63) is 11.6 Å². The smallest absolute Gasteiger partial charge is 0.305 e. The van der Waals surface area contributed by atoms with Crippen LogP contribution in [-0.4, -0.2) is 25.2 Å². The Kier molecular flexibility index (Phi) is 13.9. The van der Waals surface area contributed by atoms with Crippen LogP contribution in [-0.2, 0) is 14.3 Å². The van der Waals surface area contributed by atoms with Crippen LogP contribution < -0.4 is 5.43 Å². The minimum absolute atomic E-state index is 0.0450. The molecule has 0 aliphatic heterocycles. The van der Waals surface area contributed by atoms with Crippen LogP contribution in [0.4, 0.5) is 0 Å². The Bertz CT molecular complexity index is 413. The van der Waals surface area contributed by atoms with Crippen LogP contribution >= 0.6 is 0 Å². The average Bonchev–Trinajstić information content (AvgIpc) is 2.54. The molecule has 0 bridgehead atoms. The molecule has 0 aliphatic carbocycles. The first kappa shape index (κ1) is 22.4. The first-order valence-corrected chi connectivity index (χ1v) is 8.96. The molecule has 1 atom stereocenters. The van der Waals surface area contributed by atoms with Crippen LogP contribution in [0.2, 0.25) is 0 Å². The monoisotopic (exact) mass is 338 g/mol. The minimum atomic E-state index is -0.169. The number of nitrogens with zero attached hydrogens (tertiary/aromatic N) is 1. The fourth-order valence-corrected chi connectivity index (χ4v) is 2.19. The molecule has 24 heavy (non-hydrogen) atoms. The van der Waals surface area contributed by atoms with E-state index in [0.717, 1.165) is 44.9 Å². The van der Waals surface area contributed by atoms with Crippen molar-refractivity contribution in [1.82, 2.24) is 5.43 Å². The molecule has 0 aromatic rings. The van der Waals surface area contributed by atoms with Gasteiger partial charge in [0.2, 0.25) is 5.91 Å². The SMILES string of the molecule is COC(=O)CCCCCCC(=O)N/N=C/C[C@@H](C)CCC=C(C)C. The van der Waals surface area contributed by atoms with Gasteiger partial charge in [0, 0.05) is 19.1 Å². The number of hydrogen-bond donors (Lipinski definition) is 1. The summed E-state index contributed by atoms with van der Waals surface area (Å²) in [5.41, 5.74) is 3.93. The van der Waals surface area contributed by atoms with E-state index in [2.05, 4.69) is 42.1 Å². The summed E-state index contributed by atoms with van der Waals surface area (Å²) in [7, 11) is 1.40. The summed E-state index contributed by atoms with van der Waals surface area (Å²) < 4.78 is 4.58. The van der Waals surface area contributed by atoms with Crippen molar-refractivity contribution in [2.45, 2.75) is 78.6 Å². The molecule has 138 valence electrons. The zero-order valence-corrected chi connectivity index (χ0v) is 15.8. The van der Waals surface area contributed by atoms with E-state index in [1.807, 2.05) is 0 Å². The fraction of sp³-hybridized carbons (Fsp3) is 0.737. The lowest BCUT2D eigenvalue weighted by Gasteiger charge is -2.06. The van der Waals surface area contributed by atoms with Crippen molar-refractivity contribution in [3.8, 4) is 0 Å². The lowest BCUT2D eigenvalue weighted by atomic mass is 10.0. The number of esters is 1. The van der Waals surface area contributed by atoms with Crippen molar-refractivity contribution >= 4 is 18.1 Å². The number of ether oxygens (including phenoxy) is 1. The molecular weight excluding hydrogens is 304 g/mol. The van der Waals surface area contributed by atoms with Gasteiger partial charge < -0.3 is 4.74 Å². The third-order valence-corrected chi connectivity index (χ3v) is 3.76. The maximum absolute atomic E-state index is 11.6. The second-order valence-corrected chi connectivity index (χ2v) is 6.54. The Morgan fingerprint density at radius 2 is 1.79 bits per heavy atom. The van der Waals surface area contributed by atoms with Crippen LogP contribution in [0.25, 0.3) is 0 Å². The number of amides is 1. The Labute approximate surface area is 146 Å². The van der Waals surface area contributed by atoms with Crippen molar-refractivity contribution in [2.75, 3.05) is 7.11 Å². The van der Waals surface area contributed by atoms with Gasteiger partial charge in [-0.3, -0.25) is 9.59 Å². The molecule has 5 heteroatoms. The molecule has 0 spiro atoms. The highest BCUT2D eigenvalue weighted by atomic mass is 16.5. The molecule has 0 saturated carbocycles. The van der Waals surface area contributed by atoms with Crippen LogP contribution in [0.5, 0.6) is 0 Å². The van der Waals surface area contributed by atoms with E-state index in [1.165, 1.54) is 12.7 Å². The highest BCUT2D eigenvalue weighted by Crippen LogP contribution is 2.10. The second-order valence-electron chi connectivity index (χ2n) is 6.54. The molecule has 0 rings (SSSR count). The van der Waals surface area contributed by atoms with Gasteiger partial charge in [-0.05, 0) is 51.9 Å². The number of carbonyl (C=O) groups is 2. The topological polar surface area (TPSA) is 67.8 Å². The molecule has 1 amide bonds. The molecule has 5 nitrogen and oxygen atoms in total. The van der Waals surface area contributed by atoms with Gasteiger partial charge in [-0.1, -0.05) is 31.4 Å². The first-order valence-electron chi connectivity index (χ1n) is 8.96. The van der Waals surface area contributed by atoms with Crippen molar-refractivity contribution in [1.29, 1.82) is 0 Å². The van der Waals surface area contributed by atoms with E-state index in [1.54, 1.807) is 6.21 Å². The predicted molar refractivity (Wildman–Crippen MR) is 98.8 cm³/mol. The largest absolute Gasteiger partial charge is 0.469 e. The Morgan fingerprint density at radius 1 is 1.12 bits per heavy atom. The molecule has 1 N–H and O–H groups in total. The van der Waals surface area contributed by atoms with Gasteiger partial charge in [0.1, 0.15) is 0 Å². The lowest BCUT2D eigenvalue weighted by molar-refractivity contribution is -0.140. The van der Waals surface area contributed by atoms with Gasteiger partial charge in [0.05, 0.1) is 7.11 Å². The molecule has 0 radical (unpaired) electrons. The number of hydrogen-bond acceptors (Lipinski definition) is 4. The Morgan fingerprint density at radius 3 is 2.42 bits per heavy atom. The standard InChI is InChI=1S/C19H34N2O3/c1-16(2)10-9-11-17(3)14-15-20-21-18(22)12-7-5-6-8-13-19(23)24-4/h10,15,17H,5-9,11-14H2,1-4H3,(H,21,22)/b20-15+/t17-/m0/s1. The third-order valence-electron chi connectivity index (χ3n) is 3.76. The molecule has 0 aliphatic rings. The number of nitrogens with one attached hydrogen (secondary N) is 1. The molecule has 0 aromatic heterocycles. The van der Waals surface area contributed by atoms with Gasteiger partial charge in [0.25, 0.3) is 0 Å². The number of unbranched alkanes of at least 4 members (excludes halogenated alkanes) is 3. The van der Waals surface area contributed by atoms with E-state index in [9.17, 15) is 9.59 Å². The zero-order valence-electron chi connectivity index (χ0n) is 15.8. The minimum Gasteiger partial charge on any atom is -0.469 e. The maximum atomic E-state index is 11.6. The summed E-state index contributed by atoms with van der Waals surface area (Å²) in [6, 6.07) is 0. The predicted octanol–water partition coefficient (Wildman–Crippen LogP) is 4.37. The fourth-order valence-electron chi connectivity index (χ4n) is 2.19. The Hall–Kier alpha value is -1.65. The second kappa shape index (κ2) is 14.9. The van der Waals surface area contributed by atoms with Gasteiger partial charge in [-0.15, -0.1) is 0 Å². The number of rotatable bonds is 13. The van der Waals surface area contributed by atoms with Crippen LogP contribution in [0.1, 0.15) is 78.6 Å². The summed E-state index contributed by atoms with van der Waals surface area (Å²) in [4.78, 5) is 22.5. The van der Waals surface area contributed by atoms with Crippen molar-refractivity contribution < 1.29 is 14.3 Å². The molecule has 0 heterocycles. The highest BCUT2D eigenvalue weighted by molar-refractivity contribution is 5.76. The van der Waals surface area contributed by atoms with E-state index >= 15 is 0 Å². The molecule has 0 unspecified atom stereocenters. The highest BCUT2D eigenvalue weighted by Gasteiger charge is 2.02. The van der Waals surface area contributed by atoms with Gasteiger partial charge in [-0.2, -0.15) is 5.10 Å². The van der Waals surface area contributed by atoms with Gasteiger partial charge >= 0.3 is 5.97 Å². The maximum Gasteiger partial charge on any atom is 0.305 e. The first-order chi connectivity index (χ1) is 11.5. The normalized spacial score (nSPS) is 12.0. The summed E-state index contributed by atoms with van der Waals surface area (Å²) in [6.07, 6.45) is 11.6. The number of allylic oxidation sites excluding steroid dienone is 2. The number of hydrazone groups is 1. The van der Waals surface area contributed by atoms with Gasteiger partial charge in [-0.25, -0.2) is 5.43 Å². The summed E-state index contributed by atoms with van der Waals surface area (Å²) in [6.45, 7) is 6.42. The molecular formula is C19H34N2O3. The molecule has 0 fully saturated rings. The summed E-state index contributed by atoms with van der Waals surface area (Å²) >= 11 is 0. The summed E-state index contributed by atoms with van der Waals surface area (Å²) in [5, 5.41) is 4.00. The quantitative estimate of drug-likeness (QED) is 0.178. The number of carbonyl (C=O) groups excluding carboxylic acids is 2.